The van der Waals surface area contributed by atoms with Gasteiger partial charge in [0.1, 0.15) is 6.10 Å². The van der Waals surface area contributed by atoms with Crippen LogP contribution in [0.15, 0.2) is 0 Å². The van der Waals surface area contributed by atoms with E-state index in [0.29, 0.717) is 6.54 Å². The lowest BCUT2D eigenvalue weighted by Gasteiger charge is -2.36. The van der Waals surface area contributed by atoms with Crippen LogP contribution >= 0.6 is 0 Å². The Bertz CT molecular complexity index is 268. The number of nitrogens with two attached hydrogens (primary N) is 1. The van der Waals surface area contributed by atoms with Crippen LogP contribution in [0.25, 0.3) is 0 Å². The molecule has 2 rings (SSSR count). The fourth-order valence-corrected chi connectivity index (χ4v) is 2.34. The van der Waals surface area contributed by atoms with Gasteiger partial charge in [0.15, 0.2) is 0 Å². The van der Waals surface area contributed by atoms with Crippen LogP contribution in [-0.2, 0) is 9.53 Å². The number of aliphatic hydroxyl groups excluding tert-OH is 1. The van der Waals surface area contributed by atoms with E-state index in [1.54, 1.807) is 0 Å². The lowest BCUT2D eigenvalue weighted by atomic mass is 9.97. The topological polar surface area (TPSA) is 84.6 Å². The number of carbonyl (C=O) groups is 1. The van der Waals surface area contributed by atoms with Gasteiger partial charge in [-0.3, -0.25) is 4.79 Å². The molecule has 0 spiro atoms. The Morgan fingerprint density at radius 2 is 2.12 bits per heavy atom. The van der Waals surface area contributed by atoms with Crippen LogP contribution in [0.1, 0.15) is 32.1 Å². The lowest BCUT2D eigenvalue weighted by molar-refractivity contribution is -0.129. The molecule has 1 amide bonds. The quantitative estimate of drug-likeness (QED) is 0.622. The molecule has 5 nitrogen and oxygen atoms in total. The average Bonchev–Trinajstić information content (AvgIpc) is 3.15. The Labute approximate surface area is 102 Å². The van der Waals surface area contributed by atoms with Gasteiger partial charge in [-0.2, -0.15) is 0 Å². The molecule has 2 fully saturated rings. The highest BCUT2D eigenvalue weighted by atomic mass is 16.5. The van der Waals surface area contributed by atoms with Gasteiger partial charge in [-0.05, 0) is 38.6 Å². The minimum absolute atomic E-state index is 0.0397. The van der Waals surface area contributed by atoms with Crippen LogP contribution in [0.2, 0.25) is 0 Å². The summed E-state index contributed by atoms with van der Waals surface area (Å²) in [7, 11) is 0. The van der Waals surface area contributed by atoms with Gasteiger partial charge in [0.25, 0.3) is 0 Å². The molecule has 1 saturated carbocycles. The normalized spacial score (nSPS) is 33.4. The second-order valence-electron chi connectivity index (χ2n) is 5.02. The van der Waals surface area contributed by atoms with Crippen molar-refractivity contribution >= 4 is 5.91 Å². The van der Waals surface area contributed by atoms with Crippen molar-refractivity contribution in [3.8, 4) is 0 Å². The van der Waals surface area contributed by atoms with Crippen molar-refractivity contribution in [2.75, 3.05) is 13.2 Å². The van der Waals surface area contributed by atoms with Crippen molar-refractivity contribution in [3.63, 3.8) is 0 Å². The first-order valence-electron chi connectivity index (χ1n) is 6.51. The molecule has 0 radical (unpaired) electrons. The highest BCUT2D eigenvalue weighted by Crippen LogP contribution is 2.30. The predicted octanol–water partition coefficient (Wildman–Crippen LogP) is -0.230. The second kappa shape index (κ2) is 5.80. The summed E-state index contributed by atoms with van der Waals surface area (Å²) in [6.07, 6.45) is 4.45. The molecule has 4 N–H and O–H groups in total. The first kappa shape index (κ1) is 12.8. The van der Waals surface area contributed by atoms with Crippen LogP contribution in [-0.4, -0.2) is 42.4 Å². The summed E-state index contributed by atoms with van der Waals surface area (Å²) in [6.45, 7) is 0.554. The summed E-state index contributed by atoms with van der Waals surface area (Å²) >= 11 is 0. The zero-order chi connectivity index (χ0) is 12.3. The number of aliphatic hydroxyl groups is 1. The molecule has 1 heterocycles. The van der Waals surface area contributed by atoms with Crippen molar-refractivity contribution in [1.29, 1.82) is 0 Å². The number of rotatable bonds is 5. The Balaban J connectivity index is 1.82. The van der Waals surface area contributed by atoms with Gasteiger partial charge < -0.3 is 20.9 Å². The van der Waals surface area contributed by atoms with Crippen molar-refractivity contribution < 1.29 is 14.6 Å². The molecular weight excluding hydrogens is 220 g/mol. The maximum Gasteiger partial charge on any atom is 0.223 e. The van der Waals surface area contributed by atoms with E-state index < -0.39 is 0 Å². The second-order valence-corrected chi connectivity index (χ2v) is 5.02. The molecule has 1 aliphatic heterocycles. The summed E-state index contributed by atoms with van der Waals surface area (Å²) in [6, 6.07) is -0.0397. The summed E-state index contributed by atoms with van der Waals surface area (Å²) < 4.78 is 5.74. The summed E-state index contributed by atoms with van der Waals surface area (Å²) in [5.74, 6) is 0.324. The van der Waals surface area contributed by atoms with E-state index in [1.807, 2.05) is 0 Å². The number of amides is 1. The third-order valence-electron chi connectivity index (χ3n) is 3.56. The van der Waals surface area contributed by atoms with Crippen LogP contribution < -0.4 is 11.1 Å². The molecule has 1 aliphatic carbocycles. The minimum Gasteiger partial charge on any atom is -0.394 e. The van der Waals surface area contributed by atoms with Gasteiger partial charge in [0.05, 0.1) is 18.8 Å². The van der Waals surface area contributed by atoms with Gasteiger partial charge in [-0.15, -0.1) is 0 Å². The number of carbonyl (C=O) groups excluding carboxylic acids is 1. The van der Waals surface area contributed by atoms with Gasteiger partial charge in [-0.25, -0.2) is 0 Å². The van der Waals surface area contributed by atoms with E-state index in [1.165, 1.54) is 0 Å². The number of ether oxygens (including phenoxy) is 1. The molecule has 17 heavy (non-hydrogen) atoms. The van der Waals surface area contributed by atoms with Crippen LogP contribution in [0.4, 0.5) is 0 Å². The van der Waals surface area contributed by atoms with Gasteiger partial charge >= 0.3 is 0 Å². The zero-order valence-corrected chi connectivity index (χ0v) is 10.1. The van der Waals surface area contributed by atoms with E-state index >= 15 is 0 Å². The summed E-state index contributed by atoms with van der Waals surface area (Å²) in [4.78, 5) is 11.7. The van der Waals surface area contributed by atoms with Crippen molar-refractivity contribution in [2.45, 2.75) is 50.4 Å². The molecule has 0 aromatic rings. The molecule has 0 aromatic carbocycles. The Morgan fingerprint density at radius 3 is 2.71 bits per heavy atom. The highest BCUT2D eigenvalue weighted by Gasteiger charge is 2.35. The van der Waals surface area contributed by atoms with E-state index in [-0.39, 0.29) is 36.7 Å². The Hall–Kier alpha value is -0.650. The van der Waals surface area contributed by atoms with Gasteiger partial charge in [0.2, 0.25) is 5.91 Å². The van der Waals surface area contributed by atoms with Crippen molar-refractivity contribution in [2.24, 2.45) is 11.7 Å². The summed E-state index contributed by atoms with van der Waals surface area (Å²) in [5, 5.41) is 12.3. The third kappa shape index (κ3) is 3.40. The Morgan fingerprint density at radius 1 is 1.35 bits per heavy atom. The number of hydrogen-bond donors (Lipinski definition) is 3. The molecule has 98 valence electrons. The molecule has 5 heteroatoms. The van der Waals surface area contributed by atoms with Crippen molar-refractivity contribution in [1.82, 2.24) is 5.32 Å². The molecule has 2 aliphatic rings. The predicted molar refractivity (Wildman–Crippen MR) is 63.3 cm³/mol. The van der Waals surface area contributed by atoms with Gasteiger partial charge in [-0.1, -0.05) is 0 Å². The molecule has 3 atom stereocenters. The maximum atomic E-state index is 11.7. The highest BCUT2D eigenvalue weighted by molar-refractivity contribution is 5.81. The molecule has 1 saturated heterocycles. The van der Waals surface area contributed by atoms with Crippen LogP contribution in [0.3, 0.4) is 0 Å². The molecule has 0 unspecified atom stereocenters. The van der Waals surface area contributed by atoms with Crippen LogP contribution in [0.5, 0.6) is 0 Å². The molecular formula is C12H22N2O3. The lowest BCUT2D eigenvalue weighted by Crippen LogP contribution is -2.51. The average molecular weight is 242 g/mol. The first-order valence-corrected chi connectivity index (χ1v) is 6.51. The third-order valence-corrected chi connectivity index (χ3v) is 3.56. The smallest absolute Gasteiger partial charge is 0.223 e. The maximum absolute atomic E-state index is 11.7. The molecule has 0 bridgehead atoms. The summed E-state index contributed by atoms with van der Waals surface area (Å²) in [5.41, 5.74) is 5.50. The largest absolute Gasteiger partial charge is 0.394 e. The monoisotopic (exact) mass is 242 g/mol. The van der Waals surface area contributed by atoms with E-state index in [9.17, 15) is 9.90 Å². The molecule has 0 aromatic heterocycles. The van der Waals surface area contributed by atoms with E-state index in [2.05, 4.69) is 5.32 Å². The van der Waals surface area contributed by atoms with Gasteiger partial charge in [0, 0.05) is 5.92 Å². The number of nitrogens with one attached hydrogen (secondary N) is 1. The standard InChI is InChI=1S/C12H22N2O3/c13-6-5-9-3-4-10(11(7-15)17-9)14-12(16)8-1-2-8/h8-11,15H,1-7,13H2,(H,14,16)/t9-,10+,11-/m0/s1. The fraction of sp³-hybridized carbons (Fsp3) is 0.917. The SMILES string of the molecule is NCC[C@@H]1CC[C@@H](NC(=O)C2CC2)[C@H](CO)O1. The van der Waals surface area contributed by atoms with E-state index in [4.69, 9.17) is 10.5 Å². The Kier molecular flexibility index (Phi) is 4.36. The zero-order valence-electron chi connectivity index (χ0n) is 10.1. The first-order chi connectivity index (χ1) is 8.24. The van der Waals surface area contributed by atoms with E-state index in [0.717, 1.165) is 32.1 Å². The van der Waals surface area contributed by atoms with Crippen molar-refractivity contribution in [3.05, 3.63) is 0 Å². The number of hydrogen-bond acceptors (Lipinski definition) is 4. The minimum atomic E-state index is -0.275. The fourth-order valence-electron chi connectivity index (χ4n) is 2.34. The van der Waals surface area contributed by atoms with Crippen LogP contribution in [0, 0.1) is 5.92 Å².